The van der Waals surface area contributed by atoms with Crippen LogP contribution in [0.4, 0.5) is 0 Å². The molecule has 2 aliphatic rings. The number of nitrogens with one attached hydrogen (secondary N) is 2. The van der Waals surface area contributed by atoms with Crippen molar-refractivity contribution >= 4 is 5.91 Å². The quantitative estimate of drug-likeness (QED) is 0.596. The van der Waals surface area contributed by atoms with E-state index in [1.54, 1.807) is 0 Å². The maximum atomic E-state index is 11.6. The van der Waals surface area contributed by atoms with E-state index in [1.807, 2.05) is 11.9 Å². The van der Waals surface area contributed by atoms with E-state index in [0.717, 1.165) is 38.8 Å². The molecular weight excluding hydrogens is 218 g/mol. The highest BCUT2D eigenvalue weighted by Crippen LogP contribution is 2.20. The van der Waals surface area contributed by atoms with Crippen molar-refractivity contribution in [3.05, 3.63) is 0 Å². The molecule has 2 rings (SSSR count). The third-order valence-corrected chi connectivity index (χ3v) is 3.45. The van der Waals surface area contributed by atoms with Crippen molar-refractivity contribution in [3.63, 3.8) is 0 Å². The van der Waals surface area contributed by atoms with Crippen LogP contribution in [0.3, 0.4) is 0 Å². The fraction of sp³-hybridized carbons (Fsp3) is 0.917. The Morgan fingerprint density at radius 2 is 2.12 bits per heavy atom. The third kappa shape index (κ3) is 4.26. The number of likely N-dealkylation sites (N-methyl/N-ethyl adjacent to an activating group) is 1. The van der Waals surface area contributed by atoms with Crippen molar-refractivity contribution in [1.29, 1.82) is 0 Å². The van der Waals surface area contributed by atoms with Gasteiger partial charge in [-0.25, -0.2) is 0 Å². The van der Waals surface area contributed by atoms with Crippen molar-refractivity contribution < 1.29 is 9.90 Å². The molecule has 1 heterocycles. The number of piperidine rings is 1. The predicted octanol–water partition coefficient (Wildman–Crippen LogP) is -0.689. The number of carbonyl (C=O) groups is 1. The minimum atomic E-state index is -0.625. The molecule has 0 unspecified atom stereocenters. The van der Waals surface area contributed by atoms with Gasteiger partial charge >= 0.3 is 0 Å². The molecular formula is C12H23N3O2. The maximum absolute atomic E-state index is 11.6. The van der Waals surface area contributed by atoms with Crippen molar-refractivity contribution in [2.75, 3.05) is 33.2 Å². The minimum Gasteiger partial charge on any atom is -0.388 e. The van der Waals surface area contributed by atoms with Crippen molar-refractivity contribution in [2.24, 2.45) is 0 Å². The highest BCUT2D eigenvalue weighted by molar-refractivity contribution is 5.78. The first-order chi connectivity index (χ1) is 8.07. The van der Waals surface area contributed by atoms with E-state index in [9.17, 15) is 9.90 Å². The van der Waals surface area contributed by atoms with Crippen LogP contribution in [0.1, 0.15) is 25.7 Å². The average molecular weight is 241 g/mol. The van der Waals surface area contributed by atoms with Crippen LogP contribution in [0, 0.1) is 0 Å². The van der Waals surface area contributed by atoms with Crippen molar-refractivity contribution in [2.45, 2.75) is 37.3 Å². The summed E-state index contributed by atoms with van der Waals surface area (Å²) in [5, 5.41) is 16.5. The third-order valence-electron chi connectivity index (χ3n) is 3.45. The van der Waals surface area contributed by atoms with Crippen LogP contribution in [-0.4, -0.2) is 60.8 Å². The van der Waals surface area contributed by atoms with Crippen LogP contribution < -0.4 is 10.6 Å². The molecule has 0 radical (unpaired) electrons. The highest BCUT2D eigenvalue weighted by atomic mass is 16.3. The zero-order chi connectivity index (χ0) is 12.3. The number of aliphatic hydroxyl groups is 1. The van der Waals surface area contributed by atoms with Gasteiger partial charge in [0.1, 0.15) is 0 Å². The van der Waals surface area contributed by atoms with Gasteiger partial charge in [-0.15, -0.1) is 0 Å². The Morgan fingerprint density at radius 3 is 2.71 bits per heavy atom. The largest absolute Gasteiger partial charge is 0.388 e. The monoisotopic (exact) mass is 241 g/mol. The second-order valence-corrected chi connectivity index (χ2v) is 5.49. The molecule has 0 bridgehead atoms. The maximum Gasteiger partial charge on any atom is 0.234 e. The van der Waals surface area contributed by atoms with Gasteiger partial charge in [0, 0.05) is 12.6 Å². The Labute approximate surface area is 103 Å². The molecule has 5 nitrogen and oxygen atoms in total. The standard InChI is InChI=1S/C12H23N3O2/c1-15(8-11(16)14-10-2-3-10)9-12(17)4-6-13-7-5-12/h10,13,17H,2-9H2,1H3,(H,14,16). The molecule has 0 spiro atoms. The number of nitrogens with zero attached hydrogens (tertiary/aromatic N) is 1. The molecule has 0 atom stereocenters. The number of rotatable bonds is 5. The minimum absolute atomic E-state index is 0.0764. The van der Waals surface area contributed by atoms with Gasteiger partial charge in [-0.2, -0.15) is 0 Å². The molecule has 1 aliphatic heterocycles. The second kappa shape index (κ2) is 5.33. The fourth-order valence-electron chi connectivity index (χ4n) is 2.35. The lowest BCUT2D eigenvalue weighted by atomic mass is 9.92. The Kier molecular flexibility index (Phi) is 4.01. The summed E-state index contributed by atoms with van der Waals surface area (Å²) in [6, 6.07) is 0.415. The number of hydrogen-bond donors (Lipinski definition) is 3. The normalized spacial score (nSPS) is 23.7. The lowest BCUT2D eigenvalue weighted by Crippen LogP contribution is -2.50. The smallest absolute Gasteiger partial charge is 0.234 e. The number of hydrogen-bond acceptors (Lipinski definition) is 4. The SMILES string of the molecule is CN(CC(=O)NC1CC1)CC1(O)CCNCC1. The molecule has 1 saturated heterocycles. The van der Waals surface area contributed by atoms with Gasteiger partial charge in [-0.3, -0.25) is 9.69 Å². The molecule has 1 aliphatic carbocycles. The average Bonchev–Trinajstić information content (AvgIpc) is 3.01. The van der Waals surface area contributed by atoms with Gasteiger partial charge in [0.25, 0.3) is 0 Å². The lowest BCUT2D eigenvalue weighted by molar-refractivity contribution is -0.122. The topological polar surface area (TPSA) is 64.6 Å². The van der Waals surface area contributed by atoms with E-state index >= 15 is 0 Å². The molecule has 1 saturated carbocycles. The Bertz CT molecular complexity index is 273. The molecule has 17 heavy (non-hydrogen) atoms. The summed E-state index contributed by atoms with van der Waals surface area (Å²) in [5.74, 6) is 0.0764. The summed E-state index contributed by atoms with van der Waals surface area (Å²) in [7, 11) is 1.90. The van der Waals surface area contributed by atoms with E-state index in [-0.39, 0.29) is 5.91 Å². The molecule has 1 amide bonds. The predicted molar refractivity (Wildman–Crippen MR) is 65.7 cm³/mol. The zero-order valence-corrected chi connectivity index (χ0v) is 10.5. The van der Waals surface area contributed by atoms with Crippen molar-refractivity contribution in [3.8, 4) is 0 Å². The number of carbonyl (C=O) groups excluding carboxylic acids is 1. The molecule has 0 aromatic carbocycles. The van der Waals surface area contributed by atoms with Crippen LogP contribution in [0.5, 0.6) is 0 Å². The van der Waals surface area contributed by atoms with Gasteiger partial charge in [-0.05, 0) is 45.8 Å². The van der Waals surface area contributed by atoms with E-state index in [2.05, 4.69) is 10.6 Å². The first kappa shape index (κ1) is 12.8. The van der Waals surface area contributed by atoms with Crippen molar-refractivity contribution in [1.82, 2.24) is 15.5 Å². The summed E-state index contributed by atoms with van der Waals surface area (Å²) in [6.07, 6.45) is 3.76. The first-order valence-corrected chi connectivity index (χ1v) is 6.48. The van der Waals surface area contributed by atoms with Gasteiger partial charge in [0.05, 0.1) is 12.1 Å². The van der Waals surface area contributed by atoms with Crippen LogP contribution in [0.15, 0.2) is 0 Å². The van der Waals surface area contributed by atoms with Gasteiger partial charge < -0.3 is 15.7 Å². The highest BCUT2D eigenvalue weighted by Gasteiger charge is 2.31. The summed E-state index contributed by atoms with van der Waals surface area (Å²) in [6.45, 7) is 2.68. The van der Waals surface area contributed by atoms with Gasteiger partial charge in [0.2, 0.25) is 5.91 Å². The Morgan fingerprint density at radius 1 is 1.47 bits per heavy atom. The lowest BCUT2D eigenvalue weighted by Gasteiger charge is -2.35. The summed E-state index contributed by atoms with van der Waals surface area (Å²) in [4.78, 5) is 13.5. The van der Waals surface area contributed by atoms with Gasteiger partial charge in [-0.1, -0.05) is 0 Å². The van der Waals surface area contributed by atoms with Crippen LogP contribution in [-0.2, 0) is 4.79 Å². The summed E-state index contributed by atoms with van der Waals surface area (Å²) >= 11 is 0. The van der Waals surface area contributed by atoms with E-state index in [4.69, 9.17) is 0 Å². The number of amides is 1. The van der Waals surface area contributed by atoms with Gasteiger partial charge in [0.15, 0.2) is 0 Å². The molecule has 5 heteroatoms. The van der Waals surface area contributed by atoms with Crippen LogP contribution in [0.2, 0.25) is 0 Å². The fourth-order valence-corrected chi connectivity index (χ4v) is 2.35. The Hall–Kier alpha value is -0.650. The summed E-state index contributed by atoms with van der Waals surface area (Å²) in [5.41, 5.74) is -0.625. The van der Waals surface area contributed by atoms with Crippen LogP contribution in [0.25, 0.3) is 0 Å². The Balaban J connectivity index is 1.71. The molecule has 0 aromatic rings. The van der Waals surface area contributed by atoms with Crippen LogP contribution >= 0.6 is 0 Å². The second-order valence-electron chi connectivity index (χ2n) is 5.49. The molecule has 98 valence electrons. The molecule has 2 fully saturated rings. The van der Waals surface area contributed by atoms with E-state index < -0.39 is 5.60 Å². The zero-order valence-electron chi connectivity index (χ0n) is 10.5. The summed E-state index contributed by atoms with van der Waals surface area (Å²) < 4.78 is 0. The van der Waals surface area contributed by atoms with E-state index in [0.29, 0.717) is 19.1 Å². The molecule has 3 N–H and O–H groups in total. The van der Waals surface area contributed by atoms with E-state index in [1.165, 1.54) is 0 Å². The first-order valence-electron chi connectivity index (χ1n) is 6.48. The molecule has 0 aromatic heterocycles.